The first-order valence-electron chi connectivity index (χ1n) is 9.46. The molecule has 2 heterocycles. The molecule has 2 aromatic heterocycles. The lowest BCUT2D eigenvalue weighted by Crippen LogP contribution is -2.38. The van der Waals surface area contributed by atoms with Crippen molar-refractivity contribution in [3.8, 4) is 5.69 Å². The Morgan fingerprint density at radius 3 is 2.73 bits per heavy atom. The molecule has 1 atom stereocenters. The predicted octanol–water partition coefficient (Wildman–Crippen LogP) is 3.33. The van der Waals surface area contributed by atoms with E-state index in [4.69, 9.17) is 0 Å². The number of para-hydroxylation sites is 1. The molecule has 0 saturated heterocycles. The summed E-state index contributed by atoms with van der Waals surface area (Å²) in [6.07, 6.45) is 6.98. The summed E-state index contributed by atoms with van der Waals surface area (Å²) in [5.74, 6) is 0.231. The van der Waals surface area contributed by atoms with Crippen molar-refractivity contribution < 1.29 is 9.18 Å². The van der Waals surface area contributed by atoms with Crippen LogP contribution < -0.4 is 10.6 Å². The lowest BCUT2D eigenvalue weighted by molar-refractivity contribution is 0.237. The summed E-state index contributed by atoms with van der Waals surface area (Å²) in [4.78, 5) is 16.9. The van der Waals surface area contributed by atoms with Crippen molar-refractivity contribution in [1.82, 2.24) is 30.0 Å². The van der Waals surface area contributed by atoms with Gasteiger partial charge in [-0.1, -0.05) is 30.3 Å². The number of aromatic nitrogens is 4. The van der Waals surface area contributed by atoms with Crippen molar-refractivity contribution >= 4 is 6.03 Å². The molecule has 0 aliphatic rings. The normalized spacial score (nSPS) is 11.8. The predicted molar refractivity (Wildman–Crippen MR) is 110 cm³/mol. The van der Waals surface area contributed by atoms with Crippen LogP contribution in [-0.4, -0.2) is 25.4 Å². The third-order valence-corrected chi connectivity index (χ3v) is 4.68. The van der Waals surface area contributed by atoms with Gasteiger partial charge in [-0.15, -0.1) is 0 Å². The second kappa shape index (κ2) is 8.60. The first kappa shape index (κ1) is 19.4. The van der Waals surface area contributed by atoms with E-state index in [0.29, 0.717) is 17.9 Å². The minimum atomic E-state index is -0.590. The number of rotatable bonds is 6. The molecule has 0 bridgehead atoms. The Bertz CT molecular complexity index is 1140. The Morgan fingerprint density at radius 1 is 1.17 bits per heavy atom. The summed E-state index contributed by atoms with van der Waals surface area (Å²) in [6, 6.07) is 14.9. The third-order valence-electron chi connectivity index (χ3n) is 4.68. The standard InChI is InChI=1S/C22H21FN6O/c1-28-11-10-24-21(28)20(17-6-5-7-18(23)12-17)27-22(30)25-13-16-14-26-29(15-16)19-8-3-2-4-9-19/h2-12,14-15,20H,13H2,1H3,(H2,25,27,30). The maximum atomic E-state index is 13.8. The monoisotopic (exact) mass is 404 g/mol. The first-order chi connectivity index (χ1) is 14.6. The van der Waals surface area contributed by atoms with Gasteiger partial charge in [0.1, 0.15) is 17.7 Å². The van der Waals surface area contributed by atoms with Crippen LogP contribution in [0, 0.1) is 5.82 Å². The highest BCUT2D eigenvalue weighted by Gasteiger charge is 2.21. The number of hydrogen-bond donors (Lipinski definition) is 2. The molecule has 4 aromatic rings. The van der Waals surface area contributed by atoms with Gasteiger partial charge < -0.3 is 15.2 Å². The maximum Gasteiger partial charge on any atom is 0.315 e. The van der Waals surface area contributed by atoms with E-state index in [1.807, 2.05) is 43.6 Å². The Morgan fingerprint density at radius 2 is 2.00 bits per heavy atom. The lowest BCUT2D eigenvalue weighted by atomic mass is 10.1. The molecule has 152 valence electrons. The Labute approximate surface area is 173 Å². The molecule has 2 N–H and O–H groups in total. The number of amides is 2. The van der Waals surface area contributed by atoms with Crippen LogP contribution in [0.5, 0.6) is 0 Å². The Balaban J connectivity index is 1.45. The van der Waals surface area contributed by atoms with Crippen molar-refractivity contribution in [2.45, 2.75) is 12.6 Å². The number of carbonyl (C=O) groups is 1. The van der Waals surface area contributed by atoms with Gasteiger partial charge in [0.2, 0.25) is 0 Å². The zero-order valence-corrected chi connectivity index (χ0v) is 16.4. The van der Waals surface area contributed by atoms with Gasteiger partial charge in [-0.25, -0.2) is 18.9 Å². The van der Waals surface area contributed by atoms with Crippen LogP contribution in [-0.2, 0) is 13.6 Å². The fraction of sp³-hybridized carbons (Fsp3) is 0.136. The number of halogens is 1. The zero-order valence-electron chi connectivity index (χ0n) is 16.4. The van der Waals surface area contributed by atoms with Crippen LogP contribution in [0.25, 0.3) is 5.69 Å². The van der Waals surface area contributed by atoms with Crippen LogP contribution in [0.4, 0.5) is 9.18 Å². The van der Waals surface area contributed by atoms with E-state index in [2.05, 4.69) is 20.7 Å². The van der Waals surface area contributed by atoms with Crippen molar-refractivity contribution in [2.75, 3.05) is 0 Å². The minimum absolute atomic E-state index is 0.301. The van der Waals surface area contributed by atoms with Crippen molar-refractivity contribution in [3.05, 3.63) is 102 Å². The summed E-state index contributed by atoms with van der Waals surface area (Å²) in [5.41, 5.74) is 2.40. The largest absolute Gasteiger partial charge is 0.336 e. The summed E-state index contributed by atoms with van der Waals surface area (Å²) in [6.45, 7) is 0.301. The topological polar surface area (TPSA) is 76.8 Å². The van der Waals surface area contributed by atoms with Gasteiger partial charge in [0.15, 0.2) is 0 Å². The SMILES string of the molecule is Cn1ccnc1C(NC(=O)NCc1cnn(-c2ccccc2)c1)c1cccc(F)c1. The van der Waals surface area contributed by atoms with Gasteiger partial charge in [-0.05, 0) is 29.8 Å². The molecular formula is C22H21FN6O. The zero-order chi connectivity index (χ0) is 20.9. The maximum absolute atomic E-state index is 13.8. The van der Waals surface area contributed by atoms with E-state index >= 15 is 0 Å². The van der Waals surface area contributed by atoms with Crippen molar-refractivity contribution in [3.63, 3.8) is 0 Å². The van der Waals surface area contributed by atoms with Gasteiger partial charge in [0.05, 0.1) is 11.9 Å². The van der Waals surface area contributed by atoms with Crippen molar-refractivity contribution in [1.29, 1.82) is 0 Å². The van der Waals surface area contributed by atoms with E-state index in [0.717, 1.165) is 11.3 Å². The average Bonchev–Trinajstić information content (AvgIpc) is 3.40. The molecule has 7 nitrogen and oxygen atoms in total. The molecule has 0 spiro atoms. The quantitative estimate of drug-likeness (QED) is 0.518. The van der Waals surface area contributed by atoms with Gasteiger partial charge in [-0.3, -0.25) is 0 Å². The molecule has 1 unspecified atom stereocenters. The molecule has 0 radical (unpaired) electrons. The number of aryl methyl sites for hydroxylation is 1. The Hall–Kier alpha value is -3.94. The van der Waals surface area contributed by atoms with Crippen molar-refractivity contribution in [2.24, 2.45) is 7.05 Å². The van der Waals surface area contributed by atoms with Gasteiger partial charge in [-0.2, -0.15) is 5.10 Å². The number of carbonyl (C=O) groups excluding carboxylic acids is 1. The number of benzene rings is 2. The molecule has 0 fully saturated rings. The summed E-state index contributed by atoms with van der Waals surface area (Å²) < 4.78 is 17.3. The fourth-order valence-corrected chi connectivity index (χ4v) is 3.18. The van der Waals surface area contributed by atoms with Gasteiger partial charge >= 0.3 is 6.03 Å². The van der Waals surface area contributed by atoms with Crippen LogP contribution in [0.3, 0.4) is 0 Å². The van der Waals surface area contributed by atoms with Crippen LogP contribution in [0.15, 0.2) is 79.4 Å². The van der Waals surface area contributed by atoms with E-state index in [-0.39, 0.29) is 11.8 Å². The third kappa shape index (κ3) is 4.38. The van der Waals surface area contributed by atoms with Crippen LogP contribution in [0.2, 0.25) is 0 Å². The van der Waals surface area contributed by atoms with Gasteiger partial charge in [0, 0.05) is 37.7 Å². The molecule has 30 heavy (non-hydrogen) atoms. The molecule has 2 aromatic carbocycles. The molecule has 4 rings (SSSR count). The van der Waals surface area contributed by atoms with Gasteiger partial charge in [0.25, 0.3) is 0 Å². The second-order valence-corrected chi connectivity index (χ2v) is 6.84. The number of nitrogens with zero attached hydrogens (tertiary/aromatic N) is 4. The van der Waals surface area contributed by atoms with E-state index in [1.54, 1.807) is 40.0 Å². The first-order valence-corrected chi connectivity index (χ1v) is 9.46. The lowest BCUT2D eigenvalue weighted by Gasteiger charge is -2.19. The smallest absolute Gasteiger partial charge is 0.315 e. The number of urea groups is 1. The summed E-state index contributed by atoms with van der Waals surface area (Å²) in [7, 11) is 1.83. The highest BCUT2D eigenvalue weighted by atomic mass is 19.1. The molecule has 0 aliphatic carbocycles. The van der Waals surface area contributed by atoms with E-state index in [1.165, 1.54) is 12.1 Å². The van der Waals surface area contributed by atoms with Crippen LogP contribution in [0.1, 0.15) is 23.0 Å². The van der Waals surface area contributed by atoms with Crippen LogP contribution >= 0.6 is 0 Å². The summed E-state index contributed by atoms with van der Waals surface area (Å²) >= 11 is 0. The molecule has 0 aliphatic heterocycles. The molecule has 8 heteroatoms. The number of nitrogens with one attached hydrogen (secondary N) is 2. The number of imidazole rings is 1. The summed E-state index contributed by atoms with van der Waals surface area (Å²) in [5, 5.41) is 10.0. The average molecular weight is 404 g/mol. The minimum Gasteiger partial charge on any atom is -0.336 e. The Kier molecular flexibility index (Phi) is 5.56. The molecule has 0 saturated carbocycles. The highest BCUT2D eigenvalue weighted by molar-refractivity contribution is 5.74. The van der Waals surface area contributed by atoms with E-state index in [9.17, 15) is 9.18 Å². The highest BCUT2D eigenvalue weighted by Crippen LogP contribution is 2.21. The molecule has 2 amide bonds. The van der Waals surface area contributed by atoms with E-state index < -0.39 is 6.04 Å². The second-order valence-electron chi connectivity index (χ2n) is 6.84. The fourth-order valence-electron chi connectivity index (χ4n) is 3.18. The number of hydrogen-bond acceptors (Lipinski definition) is 3. The molecular weight excluding hydrogens is 383 g/mol.